The first-order valence-electron chi connectivity index (χ1n) is 5.88. The fourth-order valence-electron chi connectivity index (χ4n) is 1.60. The van der Waals surface area contributed by atoms with Crippen LogP contribution in [0.2, 0.25) is 0 Å². The lowest BCUT2D eigenvalue weighted by Gasteiger charge is -2.19. The fourth-order valence-corrected chi connectivity index (χ4v) is 2.16. The molecule has 1 amide bonds. The van der Waals surface area contributed by atoms with Gasteiger partial charge in [0.05, 0.1) is 0 Å². The van der Waals surface area contributed by atoms with Gasteiger partial charge in [-0.1, -0.05) is 22.9 Å². The maximum atomic E-state index is 12.1. The van der Waals surface area contributed by atoms with Crippen molar-refractivity contribution in [1.82, 2.24) is 5.32 Å². The molecule has 18 heavy (non-hydrogen) atoms. The number of amides is 1. The Labute approximate surface area is 115 Å². The summed E-state index contributed by atoms with van der Waals surface area (Å²) in [6.45, 7) is 4.30. The highest BCUT2D eigenvalue weighted by atomic mass is 79.9. The topological polar surface area (TPSA) is 47.6 Å². The minimum Gasteiger partial charge on any atom is -0.454 e. The second kappa shape index (κ2) is 5.61. The lowest BCUT2D eigenvalue weighted by atomic mass is 10.1. The zero-order valence-corrected chi connectivity index (χ0v) is 12.0. The van der Waals surface area contributed by atoms with Crippen molar-refractivity contribution >= 4 is 21.8 Å². The van der Waals surface area contributed by atoms with Crippen molar-refractivity contribution in [2.75, 3.05) is 12.1 Å². The van der Waals surface area contributed by atoms with E-state index in [1.54, 1.807) is 18.2 Å². The molecule has 0 aliphatic carbocycles. The number of alkyl halides is 1. The molecule has 1 aliphatic rings. The molecule has 0 aromatic heterocycles. The predicted octanol–water partition coefficient (Wildman–Crippen LogP) is 2.56. The van der Waals surface area contributed by atoms with E-state index in [2.05, 4.69) is 28.2 Å². The molecule has 0 bridgehead atoms. The van der Waals surface area contributed by atoms with Gasteiger partial charge in [-0.2, -0.15) is 0 Å². The van der Waals surface area contributed by atoms with Crippen molar-refractivity contribution in [3.63, 3.8) is 0 Å². The van der Waals surface area contributed by atoms with E-state index in [1.807, 2.05) is 6.92 Å². The molecule has 1 aromatic carbocycles. The summed E-state index contributed by atoms with van der Waals surface area (Å²) < 4.78 is 10.5. The molecule has 0 fully saturated rings. The van der Waals surface area contributed by atoms with Gasteiger partial charge in [-0.3, -0.25) is 4.79 Å². The van der Waals surface area contributed by atoms with Crippen LogP contribution < -0.4 is 14.8 Å². The van der Waals surface area contributed by atoms with E-state index < -0.39 is 0 Å². The van der Waals surface area contributed by atoms with Gasteiger partial charge in [0, 0.05) is 16.9 Å². The van der Waals surface area contributed by atoms with Crippen molar-refractivity contribution in [3.05, 3.63) is 23.8 Å². The van der Waals surface area contributed by atoms with E-state index in [4.69, 9.17) is 9.47 Å². The summed E-state index contributed by atoms with van der Waals surface area (Å²) >= 11 is 3.41. The van der Waals surface area contributed by atoms with Crippen molar-refractivity contribution in [1.29, 1.82) is 0 Å². The normalized spacial score (nSPS) is 16.2. The Bertz CT molecular complexity index is 450. The molecule has 0 saturated carbocycles. The van der Waals surface area contributed by atoms with Crippen molar-refractivity contribution in [2.45, 2.75) is 19.9 Å². The summed E-state index contributed by atoms with van der Waals surface area (Å²) in [6, 6.07) is 5.33. The molecule has 0 radical (unpaired) electrons. The molecule has 1 heterocycles. The summed E-state index contributed by atoms with van der Waals surface area (Å²) in [4.78, 5) is 12.1. The van der Waals surface area contributed by atoms with Crippen LogP contribution in [0.15, 0.2) is 18.2 Å². The minimum atomic E-state index is -0.0893. The van der Waals surface area contributed by atoms with E-state index in [9.17, 15) is 4.79 Å². The number of carbonyl (C=O) groups excluding carboxylic acids is 1. The highest BCUT2D eigenvalue weighted by molar-refractivity contribution is 9.09. The van der Waals surface area contributed by atoms with Gasteiger partial charge in [0.2, 0.25) is 6.79 Å². The molecule has 5 heteroatoms. The van der Waals surface area contributed by atoms with Crippen LogP contribution in [0.1, 0.15) is 24.2 Å². The van der Waals surface area contributed by atoms with Crippen LogP contribution >= 0.6 is 15.9 Å². The second-order valence-corrected chi connectivity index (χ2v) is 5.11. The Kier molecular flexibility index (Phi) is 4.11. The number of carbonyl (C=O) groups is 1. The Morgan fingerprint density at radius 2 is 2.11 bits per heavy atom. The number of ether oxygens (including phenoxy) is 2. The summed E-state index contributed by atoms with van der Waals surface area (Å²) in [5, 5.41) is 3.83. The first-order valence-corrected chi connectivity index (χ1v) is 7.00. The zero-order valence-electron chi connectivity index (χ0n) is 10.4. The monoisotopic (exact) mass is 313 g/mol. The minimum absolute atomic E-state index is 0.0893. The molecule has 0 spiro atoms. The van der Waals surface area contributed by atoms with E-state index in [-0.39, 0.29) is 18.7 Å². The molecular formula is C13H16BrNO3. The van der Waals surface area contributed by atoms with Crippen molar-refractivity contribution in [3.8, 4) is 11.5 Å². The van der Waals surface area contributed by atoms with Gasteiger partial charge in [-0.15, -0.1) is 0 Å². The maximum absolute atomic E-state index is 12.1. The molecule has 2 atom stereocenters. The van der Waals surface area contributed by atoms with E-state index >= 15 is 0 Å². The molecule has 1 N–H and O–H groups in total. The number of hydrogen-bond acceptors (Lipinski definition) is 3. The van der Waals surface area contributed by atoms with Gasteiger partial charge < -0.3 is 14.8 Å². The van der Waals surface area contributed by atoms with Crippen LogP contribution in [0.5, 0.6) is 11.5 Å². The smallest absolute Gasteiger partial charge is 0.251 e. The predicted molar refractivity (Wildman–Crippen MR) is 72.5 cm³/mol. The molecule has 4 nitrogen and oxygen atoms in total. The van der Waals surface area contributed by atoms with Crippen LogP contribution in [0.4, 0.5) is 0 Å². The lowest BCUT2D eigenvalue weighted by Crippen LogP contribution is -2.37. The maximum Gasteiger partial charge on any atom is 0.251 e. The van der Waals surface area contributed by atoms with Gasteiger partial charge in [0.1, 0.15) is 0 Å². The molecule has 0 saturated heterocycles. The SMILES string of the molecule is CC(CBr)C(C)NC(=O)c1ccc2c(c1)OCO2. The van der Waals surface area contributed by atoms with Crippen LogP contribution in [0, 0.1) is 5.92 Å². The first kappa shape index (κ1) is 13.2. The van der Waals surface area contributed by atoms with Gasteiger partial charge in [-0.05, 0) is 31.0 Å². The third-order valence-corrected chi connectivity index (χ3v) is 4.11. The molecule has 2 rings (SSSR count). The van der Waals surface area contributed by atoms with E-state index in [1.165, 1.54) is 0 Å². The fraction of sp³-hybridized carbons (Fsp3) is 0.462. The number of halogens is 1. The Balaban J connectivity index is 2.05. The molecule has 1 aliphatic heterocycles. The van der Waals surface area contributed by atoms with E-state index in [0.717, 1.165) is 5.33 Å². The molecular weight excluding hydrogens is 298 g/mol. The standard InChI is InChI=1S/C13H16BrNO3/c1-8(6-14)9(2)15-13(16)10-3-4-11-12(5-10)18-7-17-11/h3-5,8-9H,6-7H2,1-2H3,(H,15,16). The molecule has 1 aromatic rings. The van der Waals surface area contributed by atoms with E-state index in [0.29, 0.717) is 23.0 Å². The second-order valence-electron chi connectivity index (χ2n) is 4.46. The third kappa shape index (κ3) is 2.77. The largest absolute Gasteiger partial charge is 0.454 e. The summed E-state index contributed by atoms with van der Waals surface area (Å²) in [5.41, 5.74) is 0.591. The van der Waals surface area contributed by atoms with Crippen LogP contribution in [-0.2, 0) is 0 Å². The summed E-state index contributed by atoms with van der Waals surface area (Å²) in [5.74, 6) is 1.61. The quantitative estimate of drug-likeness (QED) is 0.869. The Morgan fingerprint density at radius 1 is 1.39 bits per heavy atom. The highest BCUT2D eigenvalue weighted by Crippen LogP contribution is 2.32. The Hall–Kier alpha value is -1.23. The number of benzene rings is 1. The Morgan fingerprint density at radius 3 is 2.83 bits per heavy atom. The number of hydrogen-bond donors (Lipinski definition) is 1. The van der Waals surface area contributed by atoms with Crippen LogP contribution in [-0.4, -0.2) is 24.1 Å². The van der Waals surface area contributed by atoms with Crippen molar-refractivity contribution < 1.29 is 14.3 Å². The van der Waals surface area contributed by atoms with Gasteiger partial charge in [0.25, 0.3) is 5.91 Å². The highest BCUT2D eigenvalue weighted by Gasteiger charge is 2.18. The third-order valence-electron chi connectivity index (χ3n) is 3.09. The van der Waals surface area contributed by atoms with Crippen molar-refractivity contribution in [2.24, 2.45) is 5.92 Å². The number of fused-ring (bicyclic) bond motifs is 1. The van der Waals surface area contributed by atoms with Crippen LogP contribution in [0.3, 0.4) is 0 Å². The first-order chi connectivity index (χ1) is 8.61. The van der Waals surface area contributed by atoms with Crippen LogP contribution in [0.25, 0.3) is 0 Å². The average Bonchev–Trinajstić information content (AvgIpc) is 2.84. The summed E-state index contributed by atoms with van der Waals surface area (Å²) in [7, 11) is 0. The molecule has 2 unspecified atom stereocenters. The van der Waals surface area contributed by atoms with Gasteiger partial charge >= 0.3 is 0 Å². The van der Waals surface area contributed by atoms with Gasteiger partial charge in [0.15, 0.2) is 11.5 Å². The lowest BCUT2D eigenvalue weighted by molar-refractivity contribution is 0.0930. The molecule has 98 valence electrons. The zero-order chi connectivity index (χ0) is 13.1. The average molecular weight is 314 g/mol. The summed E-state index contributed by atoms with van der Waals surface area (Å²) in [6.07, 6.45) is 0. The number of rotatable bonds is 4. The van der Waals surface area contributed by atoms with Gasteiger partial charge in [-0.25, -0.2) is 0 Å². The number of nitrogens with one attached hydrogen (secondary N) is 1.